The van der Waals surface area contributed by atoms with Gasteiger partial charge in [-0.15, -0.1) is 10.2 Å². The predicted octanol–water partition coefficient (Wildman–Crippen LogP) is 1.11. The Labute approximate surface area is 123 Å². The van der Waals surface area contributed by atoms with E-state index in [1.807, 2.05) is 13.8 Å². The fourth-order valence-electron chi connectivity index (χ4n) is 2.36. The number of anilines is 1. The lowest BCUT2D eigenvalue weighted by atomic mass is 10.0. The molecule has 3 N–H and O–H groups in total. The molecule has 0 radical (unpaired) electrons. The molecule has 0 unspecified atom stereocenters. The van der Waals surface area contributed by atoms with Crippen molar-refractivity contribution in [3.8, 4) is 0 Å². The molecule has 0 atom stereocenters. The van der Waals surface area contributed by atoms with E-state index in [0.717, 1.165) is 42.9 Å². The Morgan fingerprint density at radius 3 is 2.60 bits per heavy atom. The first-order valence-electron chi connectivity index (χ1n) is 6.74. The van der Waals surface area contributed by atoms with E-state index in [0.29, 0.717) is 17.7 Å². The fraction of sp³-hybridized carbons (Fsp3) is 0.615. The van der Waals surface area contributed by atoms with Gasteiger partial charge >= 0.3 is 0 Å². The van der Waals surface area contributed by atoms with Gasteiger partial charge in [0.2, 0.25) is 5.91 Å². The van der Waals surface area contributed by atoms with Crippen molar-refractivity contribution in [1.29, 1.82) is 0 Å². The number of carbonyl (C=O) groups excluding carboxylic acids is 1. The fourth-order valence-corrected chi connectivity index (χ4v) is 2.54. The second-order valence-electron chi connectivity index (χ2n) is 5.25. The molecule has 1 aromatic rings. The third kappa shape index (κ3) is 3.58. The van der Waals surface area contributed by atoms with E-state index >= 15 is 0 Å². The summed E-state index contributed by atoms with van der Waals surface area (Å²) in [5, 5.41) is 11.9. The lowest BCUT2D eigenvalue weighted by molar-refractivity contribution is -0.119. The molecule has 0 aliphatic carbocycles. The molecule has 1 saturated heterocycles. The molecular formula is C13H20ClN5O. The molecule has 7 heteroatoms. The zero-order chi connectivity index (χ0) is 14.7. The first-order chi connectivity index (χ1) is 9.47. The summed E-state index contributed by atoms with van der Waals surface area (Å²) >= 11 is 5.94. The molecule has 1 amide bonds. The Kier molecular flexibility index (Phi) is 4.77. The summed E-state index contributed by atoms with van der Waals surface area (Å²) in [6, 6.07) is 0.340. The number of nitrogens with two attached hydrogens (primary N) is 1. The highest BCUT2D eigenvalue weighted by molar-refractivity contribution is 6.30. The van der Waals surface area contributed by atoms with Crippen molar-refractivity contribution in [2.75, 3.05) is 25.0 Å². The number of rotatable bonds is 4. The SMILES string of the molecule is Cc1c(Cl)nnc(NC2CCN(CC(N)=O)CC2)c1C. The average Bonchev–Trinajstić information content (AvgIpc) is 2.41. The molecule has 0 bridgehead atoms. The van der Waals surface area contributed by atoms with Gasteiger partial charge in [0.25, 0.3) is 0 Å². The van der Waals surface area contributed by atoms with E-state index in [2.05, 4.69) is 20.4 Å². The van der Waals surface area contributed by atoms with E-state index < -0.39 is 0 Å². The summed E-state index contributed by atoms with van der Waals surface area (Å²) in [4.78, 5) is 13.0. The average molecular weight is 298 g/mol. The van der Waals surface area contributed by atoms with Gasteiger partial charge in [0.15, 0.2) is 11.0 Å². The molecule has 1 fully saturated rings. The molecule has 20 heavy (non-hydrogen) atoms. The van der Waals surface area contributed by atoms with Crippen LogP contribution in [-0.4, -0.2) is 46.7 Å². The maximum atomic E-state index is 10.9. The van der Waals surface area contributed by atoms with Crippen LogP contribution in [0, 0.1) is 13.8 Å². The molecule has 1 aliphatic heterocycles. The number of carbonyl (C=O) groups is 1. The lowest BCUT2D eigenvalue weighted by Gasteiger charge is -2.32. The minimum absolute atomic E-state index is 0.272. The molecule has 0 aromatic carbocycles. The minimum Gasteiger partial charge on any atom is -0.369 e. The van der Waals surface area contributed by atoms with Gasteiger partial charge in [-0.05, 0) is 37.8 Å². The number of nitrogens with zero attached hydrogens (tertiary/aromatic N) is 3. The van der Waals surface area contributed by atoms with Crippen molar-refractivity contribution in [3.05, 3.63) is 16.3 Å². The Morgan fingerprint density at radius 1 is 1.35 bits per heavy atom. The minimum atomic E-state index is -0.272. The summed E-state index contributed by atoms with van der Waals surface area (Å²) in [6.45, 7) is 5.98. The van der Waals surface area contributed by atoms with Crippen molar-refractivity contribution >= 4 is 23.3 Å². The van der Waals surface area contributed by atoms with Gasteiger partial charge in [-0.2, -0.15) is 0 Å². The first-order valence-corrected chi connectivity index (χ1v) is 7.11. The van der Waals surface area contributed by atoms with Crippen LogP contribution < -0.4 is 11.1 Å². The van der Waals surface area contributed by atoms with Crippen molar-refractivity contribution in [3.63, 3.8) is 0 Å². The highest BCUT2D eigenvalue weighted by atomic mass is 35.5. The number of piperidine rings is 1. The molecule has 1 aliphatic rings. The monoisotopic (exact) mass is 297 g/mol. The molecule has 0 saturated carbocycles. The van der Waals surface area contributed by atoms with Gasteiger partial charge in [-0.25, -0.2) is 0 Å². The van der Waals surface area contributed by atoms with Crippen molar-refractivity contribution in [1.82, 2.24) is 15.1 Å². The smallest absolute Gasteiger partial charge is 0.231 e. The van der Waals surface area contributed by atoms with E-state index in [-0.39, 0.29) is 5.91 Å². The third-order valence-corrected chi connectivity index (χ3v) is 4.13. The molecule has 110 valence electrons. The molecule has 6 nitrogen and oxygen atoms in total. The van der Waals surface area contributed by atoms with E-state index in [4.69, 9.17) is 17.3 Å². The molecule has 2 heterocycles. The molecule has 0 spiro atoms. The summed E-state index contributed by atoms with van der Waals surface area (Å²) in [5.41, 5.74) is 7.19. The van der Waals surface area contributed by atoms with Crippen LogP contribution in [0.4, 0.5) is 5.82 Å². The Bertz CT molecular complexity index is 500. The summed E-state index contributed by atoms with van der Waals surface area (Å²) < 4.78 is 0. The van der Waals surface area contributed by atoms with Crippen LogP contribution in [0.15, 0.2) is 0 Å². The number of halogens is 1. The first kappa shape index (κ1) is 15.0. The van der Waals surface area contributed by atoms with Crippen molar-refractivity contribution < 1.29 is 4.79 Å². The second-order valence-corrected chi connectivity index (χ2v) is 5.61. The van der Waals surface area contributed by atoms with Gasteiger partial charge in [-0.3, -0.25) is 9.69 Å². The van der Waals surface area contributed by atoms with Crippen LogP contribution in [0.3, 0.4) is 0 Å². The predicted molar refractivity (Wildman–Crippen MR) is 78.8 cm³/mol. The summed E-state index contributed by atoms with van der Waals surface area (Å²) in [7, 11) is 0. The van der Waals surface area contributed by atoms with E-state index in [1.54, 1.807) is 0 Å². The molecule has 2 rings (SSSR count). The maximum Gasteiger partial charge on any atom is 0.231 e. The zero-order valence-corrected chi connectivity index (χ0v) is 12.6. The number of amides is 1. The molecule has 1 aromatic heterocycles. The van der Waals surface area contributed by atoms with Crippen LogP contribution in [-0.2, 0) is 4.79 Å². The third-order valence-electron chi connectivity index (χ3n) is 3.77. The van der Waals surface area contributed by atoms with Gasteiger partial charge in [0.05, 0.1) is 6.54 Å². The van der Waals surface area contributed by atoms with Crippen LogP contribution >= 0.6 is 11.6 Å². The van der Waals surface area contributed by atoms with E-state index in [9.17, 15) is 4.79 Å². The number of hydrogen-bond acceptors (Lipinski definition) is 5. The van der Waals surface area contributed by atoms with Crippen LogP contribution in [0.1, 0.15) is 24.0 Å². The van der Waals surface area contributed by atoms with Crippen LogP contribution in [0.2, 0.25) is 5.15 Å². The van der Waals surface area contributed by atoms with Crippen molar-refractivity contribution in [2.24, 2.45) is 5.73 Å². The van der Waals surface area contributed by atoms with Crippen LogP contribution in [0.25, 0.3) is 0 Å². The molecular weight excluding hydrogens is 278 g/mol. The number of likely N-dealkylation sites (tertiary alicyclic amines) is 1. The lowest BCUT2D eigenvalue weighted by Crippen LogP contribution is -2.43. The van der Waals surface area contributed by atoms with E-state index in [1.165, 1.54) is 0 Å². The zero-order valence-electron chi connectivity index (χ0n) is 11.8. The topological polar surface area (TPSA) is 84.1 Å². The van der Waals surface area contributed by atoms with Gasteiger partial charge in [0, 0.05) is 19.1 Å². The quantitative estimate of drug-likeness (QED) is 0.870. The standard InChI is InChI=1S/C13H20ClN5O/c1-8-9(2)13(18-17-12(8)14)16-10-3-5-19(6-4-10)7-11(15)20/h10H,3-7H2,1-2H3,(H2,15,20)(H,16,18). The largest absolute Gasteiger partial charge is 0.369 e. The number of primary amides is 1. The summed E-state index contributed by atoms with van der Waals surface area (Å²) in [5.74, 6) is 0.520. The van der Waals surface area contributed by atoms with Crippen LogP contribution in [0.5, 0.6) is 0 Å². The van der Waals surface area contributed by atoms with Crippen molar-refractivity contribution in [2.45, 2.75) is 32.7 Å². The van der Waals surface area contributed by atoms with Gasteiger partial charge in [0.1, 0.15) is 0 Å². The normalized spacial score (nSPS) is 17.1. The highest BCUT2D eigenvalue weighted by Crippen LogP contribution is 2.23. The number of aromatic nitrogens is 2. The maximum absolute atomic E-state index is 10.9. The summed E-state index contributed by atoms with van der Waals surface area (Å²) in [6.07, 6.45) is 1.91. The Balaban J connectivity index is 1.93. The number of hydrogen-bond donors (Lipinski definition) is 2. The number of nitrogens with one attached hydrogen (secondary N) is 1. The Morgan fingerprint density at radius 2 is 2.00 bits per heavy atom. The second kappa shape index (κ2) is 6.37. The van der Waals surface area contributed by atoms with Gasteiger partial charge in [-0.1, -0.05) is 11.6 Å². The Hall–Kier alpha value is -1.40. The highest BCUT2D eigenvalue weighted by Gasteiger charge is 2.21. The van der Waals surface area contributed by atoms with Gasteiger partial charge < -0.3 is 11.1 Å².